The molecule has 0 unspecified atom stereocenters. The SMILES string of the molecule is COc1ccc(CNCC2(CO)CCCC2)c(OC)c1. The lowest BCUT2D eigenvalue weighted by Gasteiger charge is -2.27. The molecule has 0 aliphatic heterocycles. The molecule has 20 heavy (non-hydrogen) atoms. The van der Waals surface area contributed by atoms with Crippen molar-refractivity contribution in [2.45, 2.75) is 32.2 Å². The number of rotatable bonds is 7. The van der Waals surface area contributed by atoms with Crippen LogP contribution >= 0.6 is 0 Å². The molecule has 1 aliphatic rings. The van der Waals surface area contributed by atoms with Crippen LogP contribution in [-0.4, -0.2) is 32.5 Å². The Labute approximate surface area is 121 Å². The molecule has 0 radical (unpaired) electrons. The molecule has 2 N–H and O–H groups in total. The first-order valence-corrected chi connectivity index (χ1v) is 7.25. The monoisotopic (exact) mass is 279 g/mol. The van der Waals surface area contributed by atoms with Crippen LogP contribution in [0, 0.1) is 5.41 Å². The Morgan fingerprint density at radius 2 is 1.95 bits per heavy atom. The van der Waals surface area contributed by atoms with E-state index in [1.165, 1.54) is 12.8 Å². The molecular formula is C16H25NO3. The second kappa shape index (κ2) is 6.95. The molecule has 0 heterocycles. The largest absolute Gasteiger partial charge is 0.497 e. The third-order valence-corrected chi connectivity index (χ3v) is 4.31. The van der Waals surface area contributed by atoms with E-state index < -0.39 is 0 Å². The first-order chi connectivity index (χ1) is 9.73. The van der Waals surface area contributed by atoms with Crippen LogP contribution in [-0.2, 0) is 6.54 Å². The zero-order valence-electron chi connectivity index (χ0n) is 12.4. The Hall–Kier alpha value is -1.26. The maximum absolute atomic E-state index is 9.60. The molecule has 2 rings (SSSR count). The van der Waals surface area contributed by atoms with E-state index >= 15 is 0 Å². The van der Waals surface area contributed by atoms with Gasteiger partial charge < -0.3 is 19.9 Å². The molecule has 0 bridgehead atoms. The highest BCUT2D eigenvalue weighted by Gasteiger charge is 2.32. The number of aliphatic hydroxyl groups excluding tert-OH is 1. The molecule has 0 saturated heterocycles. The second-order valence-electron chi connectivity index (χ2n) is 5.65. The third kappa shape index (κ3) is 3.44. The van der Waals surface area contributed by atoms with Crippen molar-refractivity contribution in [3.8, 4) is 11.5 Å². The number of aliphatic hydroxyl groups is 1. The van der Waals surface area contributed by atoms with Gasteiger partial charge in [0.25, 0.3) is 0 Å². The van der Waals surface area contributed by atoms with Crippen LogP contribution in [0.2, 0.25) is 0 Å². The van der Waals surface area contributed by atoms with E-state index in [0.29, 0.717) is 0 Å². The standard InChI is InChI=1S/C16H25NO3/c1-19-14-6-5-13(15(9-14)20-2)10-17-11-16(12-18)7-3-4-8-16/h5-6,9,17-18H,3-4,7-8,10-12H2,1-2H3. The predicted octanol–water partition coefficient (Wildman–Crippen LogP) is 2.35. The molecule has 0 amide bonds. The van der Waals surface area contributed by atoms with Crippen LogP contribution in [0.4, 0.5) is 0 Å². The number of ether oxygens (including phenoxy) is 2. The zero-order valence-corrected chi connectivity index (χ0v) is 12.4. The Morgan fingerprint density at radius 1 is 1.20 bits per heavy atom. The quantitative estimate of drug-likeness (QED) is 0.804. The summed E-state index contributed by atoms with van der Waals surface area (Å²) < 4.78 is 10.6. The molecule has 1 fully saturated rings. The van der Waals surface area contributed by atoms with Crippen LogP contribution in [0.1, 0.15) is 31.2 Å². The Morgan fingerprint density at radius 3 is 2.55 bits per heavy atom. The Kier molecular flexibility index (Phi) is 5.26. The summed E-state index contributed by atoms with van der Waals surface area (Å²) in [6.07, 6.45) is 4.70. The maximum Gasteiger partial charge on any atom is 0.127 e. The van der Waals surface area contributed by atoms with E-state index in [1.807, 2.05) is 18.2 Å². The zero-order chi connectivity index (χ0) is 14.4. The van der Waals surface area contributed by atoms with E-state index in [-0.39, 0.29) is 12.0 Å². The average Bonchev–Trinajstić information content (AvgIpc) is 2.97. The van der Waals surface area contributed by atoms with E-state index in [1.54, 1.807) is 14.2 Å². The fourth-order valence-electron chi connectivity index (χ4n) is 2.98. The first-order valence-electron chi connectivity index (χ1n) is 7.25. The second-order valence-corrected chi connectivity index (χ2v) is 5.65. The number of hydrogen-bond donors (Lipinski definition) is 2. The van der Waals surface area contributed by atoms with Crippen LogP contribution < -0.4 is 14.8 Å². The van der Waals surface area contributed by atoms with Gasteiger partial charge in [-0.15, -0.1) is 0 Å². The van der Waals surface area contributed by atoms with Gasteiger partial charge in [-0.05, 0) is 18.9 Å². The summed E-state index contributed by atoms with van der Waals surface area (Å²) in [5.41, 5.74) is 1.19. The molecule has 1 saturated carbocycles. The predicted molar refractivity (Wildman–Crippen MR) is 79.2 cm³/mol. The topological polar surface area (TPSA) is 50.7 Å². The summed E-state index contributed by atoms with van der Waals surface area (Å²) in [5, 5.41) is 13.1. The lowest BCUT2D eigenvalue weighted by atomic mass is 9.87. The van der Waals surface area contributed by atoms with Crippen molar-refractivity contribution >= 4 is 0 Å². The molecule has 112 valence electrons. The summed E-state index contributed by atoms with van der Waals surface area (Å²) in [5.74, 6) is 1.63. The molecule has 1 aromatic carbocycles. The van der Waals surface area contributed by atoms with Gasteiger partial charge in [0.15, 0.2) is 0 Å². The van der Waals surface area contributed by atoms with Gasteiger partial charge in [-0.1, -0.05) is 18.9 Å². The number of benzene rings is 1. The summed E-state index contributed by atoms with van der Waals surface area (Å²) >= 11 is 0. The van der Waals surface area contributed by atoms with Crippen molar-refractivity contribution in [2.75, 3.05) is 27.4 Å². The minimum absolute atomic E-state index is 0.0830. The van der Waals surface area contributed by atoms with Crippen LogP contribution in [0.5, 0.6) is 11.5 Å². The first kappa shape index (κ1) is 15.1. The fourth-order valence-corrected chi connectivity index (χ4v) is 2.98. The van der Waals surface area contributed by atoms with Gasteiger partial charge in [0.1, 0.15) is 11.5 Å². The minimum atomic E-state index is 0.0830. The van der Waals surface area contributed by atoms with E-state index in [4.69, 9.17) is 9.47 Å². The fraction of sp³-hybridized carbons (Fsp3) is 0.625. The van der Waals surface area contributed by atoms with Gasteiger partial charge >= 0.3 is 0 Å². The van der Waals surface area contributed by atoms with Crippen LogP contribution in [0.25, 0.3) is 0 Å². The number of hydrogen-bond acceptors (Lipinski definition) is 4. The summed E-state index contributed by atoms with van der Waals surface area (Å²) in [6.45, 7) is 1.88. The summed E-state index contributed by atoms with van der Waals surface area (Å²) in [7, 11) is 3.32. The summed E-state index contributed by atoms with van der Waals surface area (Å²) in [6, 6.07) is 5.86. The third-order valence-electron chi connectivity index (χ3n) is 4.31. The lowest BCUT2D eigenvalue weighted by molar-refractivity contribution is 0.128. The van der Waals surface area contributed by atoms with Crippen molar-refractivity contribution in [1.82, 2.24) is 5.32 Å². The maximum atomic E-state index is 9.60. The van der Waals surface area contributed by atoms with Crippen molar-refractivity contribution < 1.29 is 14.6 Å². The highest BCUT2D eigenvalue weighted by molar-refractivity contribution is 5.40. The van der Waals surface area contributed by atoms with Crippen molar-refractivity contribution in [2.24, 2.45) is 5.41 Å². The Balaban J connectivity index is 1.93. The normalized spacial score (nSPS) is 17.1. The van der Waals surface area contributed by atoms with Crippen molar-refractivity contribution in [3.63, 3.8) is 0 Å². The Bertz CT molecular complexity index is 428. The van der Waals surface area contributed by atoms with Gasteiger partial charge in [-0.3, -0.25) is 0 Å². The molecule has 1 aliphatic carbocycles. The summed E-state index contributed by atoms with van der Waals surface area (Å²) in [4.78, 5) is 0. The van der Waals surface area contributed by atoms with Crippen LogP contribution in [0.15, 0.2) is 18.2 Å². The van der Waals surface area contributed by atoms with Crippen LogP contribution in [0.3, 0.4) is 0 Å². The van der Waals surface area contributed by atoms with Gasteiger partial charge in [0.2, 0.25) is 0 Å². The molecular weight excluding hydrogens is 254 g/mol. The molecule has 0 atom stereocenters. The number of nitrogens with one attached hydrogen (secondary N) is 1. The van der Waals surface area contributed by atoms with E-state index in [2.05, 4.69) is 5.32 Å². The van der Waals surface area contributed by atoms with Gasteiger partial charge in [0, 0.05) is 36.7 Å². The van der Waals surface area contributed by atoms with Crippen molar-refractivity contribution in [3.05, 3.63) is 23.8 Å². The minimum Gasteiger partial charge on any atom is -0.497 e. The average molecular weight is 279 g/mol. The van der Waals surface area contributed by atoms with Gasteiger partial charge in [-0.2, -0.15) is 0 Å². The van der Waals surface area contributed by atoms with Gasteiger partial charge in [0.05, 0.1) is 14.2 Å². The molecule has 0 spiro atoms. The lowest BCUT2D eigenvalue weighted by Crippen LogP contribution is -2.34. The molecule has 0 aromatic heterocycles. The van der Waals surface area contributed by atoms with E-state index in [0.717, 1.165) is 43.0 Å². The molecule has 4 heteroatoms. The molecule has 4 nitrogen and oxygen atoms in total. The highest BCUT2D eigenvalue weighted by Crippen LogP contribution is 2.37. The van der Waals surface area contributed by atoms with Crippen molar-refractivity contribution in [1.29, 1.82) is 0 Å². The smallest absolute Gasteiger partial charge is 0.127 e. The van der Waals surface area contributed by atoms with Gasteiger partial charge in [-0.25, -0.2) is 0 Å². The molecule has 1 aromatic rings. The highest BCUT2D eigenvalue weighted by atomic mass is 16.5. The number of methoxy groups -OCH3 is 2. The van der Waals surface area contributed by atoms with E-state index in [9.17, 15) is 5.11 Å².